The van der Waals surface area contributed by atoms with Crippen LogP contribution in [0, 0.1) is 5.92 Å². The lowest BCUT2D eigenvalue weighted by molar-refractivity contribution is -0.118. The molecule has 0 rings (SSSR count). The molecule has 0 aromatic carbocycles. The summed E-state index contributed by atoms with van der Waals surface area (Å²) in [5, 5.41) is 0. The first-order valence-electron chi connectivity index (χ1n) is 4.19. The smallest absolute Gasteiger partial charge is 0.160 e. The third kappa shape index (κ3) is 2.92. The molecule has 1 atom stereocenters. The van der Waals surface area contributed by atoms with Gasteiger partial charge < -0.3 is 0 Å². The van der Waals surface area contributed by atoms with Crippen LogP contribution in [0.25, 0.3) is 0 Å². The minimum atomic E-state index is 0.185. The van der Waals surface area contributed by atoms with Gasteiger partial charge >= 0.3 is 0 Å². The van der Waals surface area contributed by atoms with Gasteiger partial charge in [0.2, 0.25) is 0 Å². The third-order valence-corrected chi connectivity index (χ3v) is 2.18. The van der Waals surface area contributed by atoms with Crippen molar-refractivity contribution in [2.24, 2.45) is 5.92 Å². The minimum Gasteiger partial charge on any atom is -0.294 e. The zero-order chi connectivity index (χ0) is 9.02. The Bertz CT molecular complexity index is 178. The number of allylic oxidation sites excluding steroid dienone is 2. The molecule has 0 saturated heterocycles. The zero-order valence-corrected chi connectivity index (χ0v) is 8.19. The average molecular weight is 152 g/mol. The fourth-order valence-electron chi connectivity index (χ4n) is 0.801. The zero-order valence-electron chi connectivity index (χ0n) is 8.19. The van der Waals surface area contributed by atoms with Crippen LogP contribution in [-0.4, -0.2) is 13.6 Å². The molecule has 0 aliphatic carbocycles. The Balaban J connectivity index is 4.38. The van der Waals surface area contributed by atoms with Crippen molar-refractivity contribution in [3.05, 3.63) is 11.0 Å². The summed E-state index contributed by atoms with van der Waals surface area (Å²) in [4.78, 5) is 11.5. The van der Waals surface area contributed by atoms with Crippen LogP contribution in [0.15, 0.2) is 11.0 Å². The van der Waals surface area contributed by atoms with Gasteiger partial charge in [-0.15, -0.1) is 5.47 Å². The van der Waals surface area contributed by atoms with E-state index >= 15 is 0 Å². The summed E-state index contributed by atoms with van der Waals surface area (Å²) in [5.41, 5.74) is 2.06. The van der Waals surface area contributed by atoms with Gasteiger partial charge in [-0.1, -0.05) is 20.8 Å². The molecule has 11 heavy (non-hydrogen) atoms. The molecular formula is C9H17BO. The molecule has 0 aliphatic heterocycles. The van der Waals surface area contributed by atoms with Gasteiger partial charge in [0.05, 0.1) is 0 Å². The van der Waals surface area contributed by atoms with Crippen molar-refractivity contribution >= 4 is 13.6 Å². The second-order valence-electron chi connectivity index (χ2n) is 3.30. The van der Waals surface area contributed by atoms with Crippen molar-refractivity contribution in [2.75, 3.05) is 0 Å². The minimum absolute atomic E-state index is 0.185. The van der Waals surface area contributed by atoms with E-state index in [2.05, 4.69) is 0 Å². The van der Waals surface area contributed by atoms with Crippen molar-refractivity contribution in [3.8, 4) is 0 Å². The highest BCUT2D eigenvalue weighted by Gasteiger charge is 2.12. The molecule has 0 fully saturated rings. The van der Waals surface area contributed by atoms with E-state index in [1.54, 1.807) is 0 Å². The van der Waals surface area contributed by atoms with Crippen LogP contribution < -0.4 is 0 Å². The average Bonchev–Trinajstić information content (AvgIpc) is 2.00. The van der Waals surface area contributed by atoms with Crippen LogP contribution in [0.4, 0.5) is 0 Å². The van der Waals surface area contributed by atoms with Crippen LogP contribution >= 0.6 is 0 Å². The summed E-state index contributed by atoms with van der Waals surface area (Å²) in [6.45, 7) is 7.91. The number of Topliss-reactive ketones (excluding diaryl/α,β-unsaturated/α-hetero) is 1. The molecule has 0 aromatic rings. The van der Waals surface area contributed by atoms with Gasteiger partial charge in [0.25, 0.3) is 0 Å². The maximum Gasteiger partial charge on any atom is 0.160 e. The molecule has 62 valence electrons. The number of hydrogen-bond donors (Lipinski definition) is 0. The van der Waals surface area contributed by atoms with E-state index in [0.717, 1.165) is 17.5 Å². The molecule has 2 heteroatoms. The van der Waals surface area contributed by atoms with E-state index in [-0.39, 0.29) is 5.92 Å². The quantitative estimate of drug-likeness (QED) is 0.442. The Labute approximate surface area is 70.3 Å². The van der Waals surface area contributed by atoms with Gasteiger partial charge in [0.15, 0.2) is 5.78 Å². The standard InChI is InChI=1S/C9H17BO/c1-5-6(2)9(11)7(3)8(4)10/h6H,5,10H2,1-4H3/b8-7+. The first kappa shape index (κ1) is 10.5. The van der Waals surface area contributed by atoms with Gasteiger partial charge in [-0.3, -0.25) is 4.79 Å². The van der Waals surface area contributed by atoms with Crippen molar-refractivity contribution in [1.82, 2.24) is 0 Å². The fourth-order valence-corrected chi connectivity index (χ4v) is 0.801. The molecule has 0 aromatic heterocycles. The van der Waals surface area contributed by atoms with E-state index in [9.17, 15) is 4.79 Å². The summed E-state index contributed by atoms with van der Waals surface area (Å²) in [7, 11) is 1.98. The summed E-state index contributed by atoms with van der Waals surface area (Å²) >= 11 is 0. The highest BCUT2D eigenvalue weighted by Crippen LogP contribution is 2.11. The molecule has 0 aliphatic rings. The highest BCUT2D eigenvalue weighted by molar-refractivity contribution is 6.24. The number of ketones is 1. The van der Waals surface area contributed by atoms with Crippen molar-refractivity contribution in [2.45, 2.75) is 34.1 Å². The number of rotatable bonds is 3. The molecule has 0 radical (unpaired) electrons. The maximum absolute atomic E-state index is 11.5. The van der Waals surface area contributed by atoms with Crippen LogP contribution in [-0.2, 0) is 4.79 Å². The van der Waals surface area contributed by atoms with E-state index in [0.29, 0.717) is 5.78 Å². The number of carbonyl (C=O) groups is 1. The van der Waals surface area contributed by atoms with Crippen molar-refractivity contribution < 1.29 is 4.79 Å². The molecular weight excluding hydrogens is 135 g/mol. The molecule has 0 bridgehead atoms. The second kappa shape index (κ2) is 4.37. The Hall–Kier alpha value is -0.525. The van der Waals surface area contributed by atoms with Gasteiger partial charge in [0.1, 0.15) is 7.85 Å². The first-order valence-corrected chi connectivity index (χ1v) is 4.19. The largest absolute Gasteiger partial charge is 0.294 e. The van der Waals surface area contributed by atoms with Crippen molar-refractivity contribution in [3.63, 3.8) is 0 Å². The second-order valence-corrected chi connectivity index (χ2v) is 3.30. The lowest BCUT2D eigenvalue weighted by atomic mass is 9.87. The fraction of sp³-hybridized carbons (Fsp3) is 0.667. The van der Waals surface area contributed by atoms with Crippen LogP contribution in [0.1, 0.15) is 34.1 Å². The van der Waals surface area contributed by atoms with E-state index in [1.807, 2.05) is 35.5 Å². The van der Waals surface area contributed by atoms with Crippen LogP contribution in [0.2, 0.25) is 0 Å². The van der Waals surface area contributed by atoms with Crippen LogP contribution in [0.3, 0.4) is 0 Å². The van der Waals surface area contributed by atoms with Gasteiger partial charge in [-0.05, 0) is 18.9 Å². The normalized spacial score (nSPS) is 15.6. The van der Waals surface area contributed by atoms with Gasteiger partial charge in [-0.2, -0.15) is 0 Å². The summed E-state index contributed by atoms with van der Waals surface area (Å²) in [5.74, 6) is 0.484. The first-order chi connectivity index (χ1) is 5.00. The SMILES string of the molecule is B/C(C)=C(\C)C(=O)C(C)CC. The predicted molar refractivity (Wildman–Crippen MR) is 51.4 cm³/mol. The molecule has 0 saturated carbocycles. The van der Waals surface area contributed by atoms with Crippen LogP contribution in [0.5, 0.6) is 0 Å². The molecule has 0 amide bonds. The molecule has 0 heterocycles. The maximum atomic E-state index is 11.5. The van der Waals surface area contributed by atoms with E-state index in [4.69, 9.17) is 0 Å². The van der Waals surface area contributed by atoms with E-state index in [1.165, 1.54) is 0 Å². The number of hydrogen-bond acceptors (Lipinski definition) is 1. The highest BCUT2D eigenvalue weighted by atomic mass is 16.1. The van der Waals surface area contributed by atoms with Gasteiger partial charge in [-0.25, -0.2) is 0 Å². The molecule has 0 spiro atoms. The number of carbonyl (C=O) groups excluding carboxylic acids is 1. The van der Waals surface area contributed by atoms with E-state index < -0.39 is 0 Å². The van der Waals surface area contributed by atoms with Crippen molar-refractivity contribution in [1.29, 1.82) is 0 Å². The Morgan fingerprint density at radius 2 is 1.91 bits per heavy atom. The summed E-state index contributed by atoms with van der Waals surface area (Å²) < 4.78 is 0. The summed E-state index contributed by atoms with van der Waals surface area (Å²) in [6.07, 6.45) is 0.934. The molecule has 1 nitrogen and oxygen atoms in total. The monoisotopic (exact) mass is 152 g/mol. The topological polar surface area (TPSA) is 17.1 Å². The Kier molecular flexibility index (Phi) is 4.16. The Morgan fingerprint density at radius 1 is 1.45 bits per heavy atom. The van der Waals surface area contributed by atoms with Gasteiger partial charge in [0, 0.05) is 5.92 Å². The Morgan fingerprint density at radius 3 is 2.18 bits per heavy atom. The molecule has 0 N–H and O–H groups in total. The summed E-state index contributed by atoms with van der Waals surface area (Å²) in [6, 6.07) is 0. The lowest BCUT2D eigenvalue weighted by Crippen LogP contribution is -2.12. The lowest BCUT2D eigenvalue weighted by Gasteiger charge is -2.08. The molecule has 1 unspecified atom stereocenters. The predicted octanol–water partition coefficient (Wildman–Crippen LogP) is 1.53. The third-order valence-electron chi connectivity index (χ3n) is 2.18.